The van der Waals surface area contributed by atoms with Gasteiger partial charge < -0.3 is 39.2 Å². The van der Waals surface area contributed by atoms with Crippen LogP contribution < -0.4 is 11.2 Å². The smallest absolute Gasteiger partial charge is 0.358 e. The second kappa shape index (κ2) is 25.5. The number of aliphatic hydroxyl groups is 4. The first-order chi connectivity index (χ1) is 24.0. The molecule has 2 rings (SSSR count). The van der Waals surface area contributed by atoms with Gasteiger partial charge in [-0.2, -0.15) is 0 Å². The number of hydrogen-bond acceptors (Lipinski definition) is 12. The van der Waals surface area contributed by atoms with Gasteiger partial charge in [0.05, 0.1) is 32.5 Å². The summed E-state index contributed by atoms with van der Waals surface area (Å²) in [5, 5.41) is 40.2. The fraction of sp³-hybridized carbons (Fsp3) is 0.886. The number of nitrogens with zero attached hydrogens (tertiary/aromatic N) is 1. The first-order valence-electron chi connectivity index (χ1n) is 18.7. The van der Waals surface area contributed by atoms with Crippen molar-refractivity contribution in [2.75, 3.05) is 32.8 Å². The van der Waals surface area contributed by atoms with Gasteiger partial charge in [-0.25, -0.2) is 4.79 Å². The minimum Gasteiger partial charge on any atom is -0.394 e. The number of hydrogen-bond donors (Lipinski definition) is 5. The van der Waals surface area contributed by atoms with Crippen LogP contribution in [0.1, 0.15) is 122 Å². The minimum atomic E-state index is -4.20. The largest absolute Gasteiger partial charge is 0.394 e. The fourth-order valence-corrected chi connectivity index (χ4v) is 7.28. The molecule has 0 radical (unpaired) electrons. The van der Waals surface area contributed by atoms with Crippen LogP contribution in [0, 0.1) is 6.92 Å². The van der Waals surface area contributed by atoms with Crippen molar-refractivity contribution in [1.29, 1.82) is 0 Å². The predicted molar refractivity (Wildman–Crippen MR) is 190 cm³/mol. The Hall–Kier alpha value is -1.45. The highest BCUT2D eigenvalue weighted by Gasteiger charge is 2.47. The van der Waals surface area contributed by atoms with Crippen LogP contribution in [0.25, 0.3) is 0 Å². The number of aromatic amines is 1. The Kier molecular flexibility index (Phi) is 22.8. The third kappa shape index (κ3) is 17.4. The lowest BCUT2D eigenvalue weighted by molar-refractivity contribution is -0.279. The lowest BCUT2D eigenvalue weighted by Crippen LogP contribution is -2.59. The molecular weight excluding hydrogens is 671 g/mol. The van der Waals surface area contributed by atoms with Crippen molar-refractivity contribution in [2.45, 2.75) is 167 Å². The summed E-state index contributed by atoms with van der Waals surface area (Å²) < 4.78 is 42.9. The SMILES string of the molecule is CCCCCCCCCCCCCCCCCCOCCOP(=O)(COC(C)Cn1cc(C)c(=O)[nH]c1=O)O[C@H]1O[C@H](CO)[C@H](O)[C@H](O)[C@H]1O. The van der Waals surface area contributed by atoms with Gasteiger partial charge in [0.25, 0.3) is 5.56 Å². The van der Waals surface area contributed by atoms with Crippen LogP contribution in [-0.4, -0.2) is 99.6 Å². The van der Waals surface area contributed by atoms with Crippen molar-refractivity contribution in [3.05, 3.63) is 32.6 Å². The Morgan fingerprint density at radius 1 is 0.840 bits per heavy atom. The molecule has 0 aliphatic carbocycles. The number of rotatable bonds is 29. The molecule has 0 amide bonds. The van der Waals surface area contributed by atoms with Gasteiger partial charge in [-0.1, -0.05) is 103 Å². The Morgan fingerprint density at radius 2 is 1.40 bits per heavy atom. The maximum atomic E-state index is 13.8. The van der Waals surface area contributed by atoms with E-state index in [-0.39, 0.29) is 19.8 Å². The maximum absolute atomic E-state index is 13.8. The van der Waals surface area contributed by atoms with E-state index in [9.17, 15) is 34.6 Å². The molecule has 0 spiro atoms. The van der Waals surface area contributed by atoms with Gasteiger partial charge in [-0.15, -0.1) is 0 Å². The van der Waals surface area contributed by atoms with Gasteiger partial charge in [0.2, 0.25) is 0 Å². The van der Waals surface area contributed by atoms with E-state index >= 15 is 0 Å². The predicted octanol–water partition coefficient (Wildman–Crippen LogP) is 4.51. The van der Waals surface area contributed by atoms with Crippen molar-refractivity contribution in [2.24, 2.45) is 0 Å². The average molecular weight is 737 g/mol. The van der Waals surface area contributed by atoms with Crippen molar-refractivity contribution in [3.63, 3.8) is 0 Å². The maximum Gasteiger partial charge on any atom is 0.358 e. The van der Waals surface area contributed by atoms with Gasteiger partial charge in [0.15, 0.2) is 6.29 Å². The van der Waals surface area contributed by atoms with E-state index in [2.05, 4.69) is 11.9 Å². The molecule has 292 valence electrons. The Balaban J connectivity index is 1.70. The summed E-state index contributed by atoms with van der Waals surface area (Å²) in [6.07, 6.45) is 12.4. The molecule has 0 saturated carbocycles. The second-order valence-electron chi connectivity index (χ2n) is 13.5. The number of H-pyrrole nitrogens is 1. The summed E-state index contributed by atoms with van der Waals surface area (Å²) in [6, 6.07) is 0. The summed E-state index contributed by atoms with van der Waals surface area (Å²) >= 11 is 0. The van der Waals surface area contributed by atoms with E-state index in [1.54, 1.807) is 13.8 Å². The number of ether oxygens (including phenoxy) is 3. The molecule has 1 aromatic rings. The van der Waals surface area contributed by atoms with Crippen molar-refractivity contribution in [3.8, 4) is 0 Å². The monoisotopic (exact) mass is 736 g/mol. The summed E-state index contributed by atoms with van der Waals surface area (Å²) in [7, 11) is -4.20. The zero-order valence-corrected chi connectivity index (χ0v) is 31.4. The van der Waals surface area contributed by atoms with Crippen LogP contribution in [0.4, 0.5) is 0 Å². The molecule has 15 heteroatoms. The van der Waals surface area contributed by atoms with Crippen LogP contribution in [0.5, 0.6) is 0 Å². The molecule has 1 saturated heterocycles. The zero-order valence-electron chi connectivity index (χ0n) is 30.5. The molecule has 0 bridgehead atoms. The van der Waals surface area contributed by atoms with E-state index in [1.807, 2.05) is 0 Å². The van der Waals surface area contributed by atoms with E-state index in [0.29, 0.717) is 12.2 Å². The van der Waals surface area contributed by atoms with Crippen molar-refractivity contribution >= 4 is 7.60 Å². The zero-order chi connectivity index (χ0) is 36.8. The van der Waals surface area contributed by atoms with Gasteiger partial charge in [0, 0.05) is 18.4 Å². The first kappa shape index (κ1) is 44.7. The van der Waals surface area contributed by atoms with Gasteiger partial charge >= 0.3 is 13.3 Å². The van der Waals surface area contributed by atoms with Gasteiger partial charge in [0.1, 0.15) is 30.8 Å². The lowest BCUT2D eigenvalue weighted by atomic mass is 10.00. The quantitative estimate of drug-likeness (QED) is 0.0571. The Bertz CT molecular complexity index is 1190. The highest BCUT2D eigenvalue weighted by molar-refractivity contribution is 7.53. The van der Waals surface area contributed by atoms with Crippen molar-refractivity contribution < 1.29 is 48.2 Å². The lowest BCUT2D eigenvalue weighted by Gasteiger charge is -2.40. The number of unbranched alkanes of at least 4 members (excludes halogenated alkanes) is 15. The molecule has 14 nitrogen and oxygen atoms in total. The number of aliphatic hydroxyl groups excluding tert-OH is 4. The van der Waals surface area contributed by atoms with Crippen LogP contribution in [0.15, 0.2) is 15.8 Å². The molecule has 2 unspecified atom stereocenters. The van der Waals surface area contributed by atoms with E-state index in [0.717, 1.165) is 19.3 Å². The van der Waals surface area contributed by atoms with Crippen LogP contribution in [-0.2, 0) is 34.4 Å². The molecule has 2 heterocycles. The molecule has 1 aliphatic heterocycles. The molecule has 5 N–H and O–H groups in total. The normalized spacial score (nSPS) is 22.8. The van der Waals surface area contributed by atoms with E-state index < -0.39 is 68.6 Å². The van der Waals surface area contributed by atoms with Crippen molar-refractivity contribution in [1.82, 2.24) is 9.55 Å². The molecule has 1 aliphatic rings. The summed E-state index contributed by atoms with van der Waals surface area (Å²) in [6.45, 7) is 5.24. The van der Waals surface area contributed by atoms with Crippen LogP contribution in [0.2, 0.25) is 0 Å². The summed E-state index contributed by atoms with van der Waals surface area (Å²) in [4.78, 5) is 26.1. The molecular formula is C35H65N2O12P. The fourth-order valence-electron chi connectivity index (χ4n) is 5.80. The highest BCUT2D eigenvalue weighted by atomic mass is 31.2. The average Bonchev–Trinajstić information content (AvgIpc) is 3.09. The molecule has 7 atom stereocenters. The van der Waals surface area contributed by atoms with E-state index in [4.69, 9.17) is 23.3 Å². The molecule has 0 aromatic carbocycles. The highest BCUT2D eigenvalue weighted by Crippen LogP contribution is 2.51. The number of aromatic nitrogens is 2. The minimum absolute atomic E-state index is 0.0128. The Labute approximate surface area is 297 Å². The van der Waals surface area contributed by atoms with Crippen LogP contribution in [0.3, 0.4) is 0 Å². The third-order valence-corrected chi connectivity index (χ3v) is 10.5. The van der Waals surface area contributed by atoms with E-state index in [1.165, 1.54) is 94.2 Å². The van der Waals surface area contributed by atoms with Crippen LogP contribution >= 0.6 is 7.60 Å². The molecule has 50 heavy (non-hydrogen) atoms. The molecule has 1 fully saturated rings. The topological polar surface area (TPSA) is 199 Å². The molecule has 1 aromatic heterocycles. The number of aryl methyl sites for hydroxylation is 1. The third-order valence-electron chi connectivity index (χ3n) is 8.93. The summed E-state index contributed by atoms with van der Waals surface area (Å²) in [5.74, 6) is 0. The number of nitrogens with one attached hydrogen (secondary N) is 1. The van der Waals surface area contributed by atoms with Gasteiger partial charge in [-0.3, -0.25) is 23.4 Å². The summed E-state index contributed by atoms with van der Waals surface area (Å²) in [5.41, 5.74) is -0.798. The Morgan fingerprint density at radius 3 is 1.96 bits per heavy atom. The second-order valence-corrected chi connectivity index (χ2v) is 15.4. The standard InChI is InChI=1S/C35H65N2O12P/c1-4-5-6-7-8-9-10-11-12-13-14-15-16-17-18-19-20-45-21-22-47-50(44,49-34-32(41)31(40)30(39)29(25-38)48-34)26-46-28(3)24-37-23-27(2)33(42)36-35(37)43/h23,28-32,34,38-41H,4-22,24-26H2,1-3H3,(H,36,42,43)/t28?,29-,30+,31+,32-,34-,50?/m1/s1. The van der Waals surface area contributed by atoms with Gasteiger partial charge in [-0.05, 0) is 20.3 Å². The first-order valence-corrected chi connectivity index (χ1v) is 20.5.